The first-order valence-corrected chi connectivity index (χ1v) is 7.64. The number of carbonyl (C=O) groups excluding carboxylic acids is 1. The van der Waals surface area contributed by atoms with Crippen LogP contribution in [-0.2, 0) is 9.53 Å². The Labute approximate surface area is 128 Å². The highest BCUT2D eigenvalue weighted by Gasteiger charge is 2.20. The number of rotatable bonds is 8. The molecule has 7 heteroatoms. The maximum Gasteiger partial charge on any atom is 0.315 e. The summed E-state index contributed by atoms with van der Waals surface area (Å²) in [4.78, 5) is 23.7. The highest BCUT2D eigenvalue weighted by molar-refractivity contribution is 7.10. The second kappa shape index (κ2) is 8.63. The van der Waals surface area contributed by atoms with E-state index in [1.54, 1.807) is 11.3 Å². The molecule has 0 fully saturated rings. The molecule has 1 heterocycles. The molecule has 1 aromatic heterocycles. The number of carboxylic acids is 1. The first kappa shape index (κ1) is 17.5. The molecule has 3 N–H and O–H groups in total. The van der Waals surface area contributed by atoms with Gasteiger partial charge in [-0.3, -0.25) is 4.79 Å². The number of urea groups is 1. The van der Waals surface area contributed by atoms with Gasteiger partial charge < -0.3 is 20.5 Å². The fraction of sp³-hybridized carbons (Fsp3) is 0.571. The van der Waals surface area contributed by atoms with E-state index in [9.17, 15) is 9.59 Å². The van der Waals surface area contributed by atoms with E-state index in [1.165, 1.54) is 7.11 Å². The molecule has 1 aromatic rings. The Morgan fingerprint density at radius 2 is 2.14 bits per heavy atom. The second-order valence-electron chi connectivity index (χ2n) is 5.05. The summed E-state index contributed by atoms with van der Waals surface area (Å²) in [6.45, 7) is 4.23. The number of methoxy groups -OCH3 is 1. The van der Waals surface area contributed by atoms with Gasteiger partial charge in [-0.15, -0.1) is 11.3 Å². The highest BCUT2D eigenvalue weighted by Crippen LogP contribution is 2.25. The Hall–Kier alpha value is -1.60. The molecule has 0 aromatic carbocycles. The molecule has 0 aliphatic heterocycles. The zero-order valence-corrected chi connectivity index (χ0v) is 13.3. The van der Waals surface area contributed by atoms with Crippen LogP contribution in [0.1, 0.15) is 31.2 Å². The molecule has 2 atom stereocenters. The zero-order chi connectivity index (χ0) is 15.8. The molecule has 0 bridgehead atoms. The quantitative estimate of drug-likeness (QED) is 0.686. The Balaban J connectivity index is 2.49. The van der Waals surface area contributed by atoms with Crippen molar-refractivity contribution in [2.45, 2.75) is 32.4 Å². The third kappa shape index (κ3) is 6.14. The van der Waals surface area contributed by atoms with Gasteiger partial charge in [-0.25, -0.2) is 4.79 Å². The summed E-state index contributed by atoms with van der Waals surface area (Å²) in [5.74, 6) is -0.700. The van der Waals surface area contributed by atoms with Crippen LogP contribution in [0.25, 0.3) is 0 Å². The maximum absolute atomic E-state index is 11.9. The van der Waals surface area contributed by atoms with Crippen LogP contribution in [0.15, 0.2) is 17.5 Å². The third-order valence-corrected chi connectivity index (χ3v) is 3.98. The minimum Gasteiger partial charge on any atom is -0.481 e. The lowest BCUT2D eigenvalue weighted by Crippen LogP contribution is -2.43. The van der Waals surface area contributed by atoms with Crippen LogP contribution >= 0.6 is 11.3 Å². The molecule has 118 valence electrons. The van der Waals surface area contributed by atoms with Crippen molar-refractivity contribution in [1.29, 1.82) is 0 Å². The van der Waals surface area contributed by atoms with Gasteiger partial charge in [0.2, 0.25) is 0 Å². The Kier molecular flexibility index (Phi) is 7.18. The van der Waals surface area contributed by atoms with Gasteiger partial charge in [-0.1, -0.05) is 19.9 Å². The number of aliphatic carboxylic acids is 1. The monoisotopic (exact) mass is 314 g/mol. The molecule has 2 amide bonds. The predicted molar refractivity (Wildman–Crippen MR) is 81.5 cm³/mol. The van der Waals surface area contributed by atoms with E-state index in [2.05, 4.69) is 10.6 Å². The van der Waals surface area contributed by atoms with Gasteiger partial charge in [0, 0.05) is 18.5 Å². The maximum atomic E-state index is 11.9. The highest BCUT2D eigenvalue weighted by atomic mass is 32.1. The van der Waals surface area contributed by atoms with E-state index < -0.39 is 12.1 Å². The van der Waals surface area contributed by atoms with Crippen LogP contribution in [0.3, 0.4) is 0 Å². The van der Waals surface area contributed by atoms with Crippen LogP contribution in [0, 0.1) is 5.92 Å². The fourth-order valence-corrected chi connectivity index (χ4v) is 2.82. The summed E-state index contributed by atoms with van der Waals surface area (Å²) < 4.78 is 5.01. The van der Waals surface area contributed by atoms with E-state index in [1.807, 2.05) is 31.4 Å². The Morgan fingerprint density at radius 3 is 2.62 bits per heavy atom. The summed E-state index contributed by atoms with van der Waals surface area (Å²) in [5, 5.41) is 16.2. The van der Waals surface area contributed by atoms with Crippen LogP contribution < -0.4 is 10.6 Å². The van der Waals surface area contributed by atoms with E-state index in [0.29, 0.717) is 0 Å². The van der Waals surface area contributed by atoms with Gasteiger partial charge in [-0.05, 0) is 17.4 Å². The van der Waals surface area contributed by atoms with Crippen molar-refractivity contribution in [2.75, 3.05) is 13.7 Å². The standard InChI is InChI=1S/C14H22N2O4S/c1-9(2)13(11-5-4-6-21-11)16-14(19)15-8-10(20-3)7-12(17)18/h4-6,9-10,13H,7-8H2,1-3H3,(H,17,18)(H2,15,16,19). The number of nitrogens with one attached hydrogen (secondary N) is 2. The number of ether oxygens (including phenoxy) is 1. The van der Waals surface area contributed by atoms with Gasteiger partial charge in [0.25, 0.3) is 0 Å². The lowest BCUT2D eigenvalue weighted by atomic mass is 10.0. The van der Waals surface area contributed by atoms with E-state index in [4.69, 9.17) is 9.84 Å². The summed E-state index contributed by atoms with van der Waals surface area (Å²) in [5.41, 5.74) is 0. The van der Waals surface area contributed by atoms with Gasteiger partial charge in [0.05, 0.1) is 18.6 Å². The molecule has 0 spiro atoms. The number of carboxylic acid groups (broad SMARTS) is 1. The SMILES string of the molecule is COC(CNC(=O)NC(c1cccs1)C(C)C)CC(=O)O. The first-order chi connectivity index (χ1) is 9.93. The van der Waals surface area contributed by atoms with Gasteiger partial charge >= 0.3 is 12.0 Å². The summed E-state index contributed by atoms with van der Waals surface area (Å²) in [6, 6.07) is 3.54. The smallest absolute Gasteiger partial charge is 0.315 e. The van der Waals surface area contributed by atoms with E-state index in [0.717, 1.165) is 4.88 Å². The lowest BCUT2D eigenvalue weighted by Gasteiger charge is -2.22. The summed E-state index contributed by atoms with van der Waals surface area (Å²) in [6.07, 6.45) is -0.678. The average Bonchev–Trinajstić information content (AvgIpc) is 2.93. The number of thiophene rings is 1. The number of hydrogen-bond donors (Lipinski definition) is 3. The average molecular weight is 314 g/mol. The molecular weight excluding hydrogens is 292 g/mol. The number of carbonyl (C=O) groups is 2. The van der Waals surface area contributed by atoms with Crippen molar-refractivity contribution in [3.05, 3.63) is 22.4 Å². The molecule has 2 unspecified atom stereocenters. The number of hydrogen-bond acceptors (Lipinski definition) is 4. The van der Waals surface area contributed by atoms with Crippen LogP contribution in [0.5, 0.6) is 0 Å². The van der Waals surface area contributed by atoms with E-state index >= 15 is 0 Å². The number of amides is 2. The topological polar surface area (TPSA) is 87.7 Å². The molecule has 0 aliphatic carbocycles. The van der Waals surface area contributed by atoms with Gasteiger partial charge in [0.15, 0.2) is 0 Å². The van der Waals surface area contributed by atoms with Crippen LogP contribution in [0.2, 0.25) is 0 Å². The molecule has 1 rings (SSSR count). The first-order valence-electron chi connectivity index (χ1n) is 6.76. The van der Waals surface area contributed by atoms with Crippen molar-refractivity contribution < 1.29 is 19.4 Å². The Morgan fingerprint density at radius 1 is 1.43 bits per heavy atom. The Bertz CT molecular complexity index is 448. The molecule has 21 heavy (non-hydrogen) atoms. The summed E-state index contributed by atoms with van der Waals surface area (Å²) >= 11 is 1.59. The van der Waals surface area contributed by atoms with Gasteiger partial charge in [0.1, 0.15) is 0 Å². The van der Waals surface area contributed by atoms with Crippen molar-refractivity contribution in [3.8, 4) is 0 Å². The fourth-order valence-electron chi connectivity index (χ4n) is 1.87. The van der Waals surface area contributed by atoms with Crippen LogP contribution in [0.4, 0.5) is 4.79 Å². The third-order valence-electron chi connectivity index (χ3n) is 3.03. The molecule has 0 saturated heterocycles. The minimum absolute atomic E-state index is 0.0644. The largest absolute Gasteiger partial charge is 0.481 e. The second-order valence-corrected chi connectivity index (χ2v) is 6.03. The molecule has 0 radical (unpaired) electrons. The molecule has 0 saturated carbocycles. The van der Waals surface area contributed by atoms with Crippen molar-refractivity contribution in [3.63, 3.8) is 0 Å². The summed E-state index contributed by atoms with van der Waals surface area (Å²) in [7, 11) is 1.43. The lowest BCUT2D eigenvalue weighted by molar-refractivity contribution is -0.139. The molecule has 6 nitrogen and oxygen atoms in total. The van der Waals surface area contributed by atoms with Crippen molar-refractivity contribution in [1.82, 2.24) is 10.6 Å². The predicted octanol–water partition coefficient (Wildman–Crippen LogP) is 2.23. The minimum atomic E-state index is -0.956. The van der Waals surface area contributed by atoms with E-state index in [-0.39, 0.29) is 31.0 Å². The normalized spacial score (nSPS) is 13.7. The van der Waals surface area contributed by atoms with Gasteiger partial charge in [-0.2, -0.15) is 0 Å². The van der Waals surface area contributed by atoms with Crippen molar-refractivity contribution in [2.24, 2.45) is 5.92 Å². The zero-order valence-electron chi connectivity index (χ0n) is 12.5. The molecular formula is C14H22N2O4S. The van der Waals surface area contributed by atoms with Crippen molar-refractivity contribution >= 4 is 23.3 Å². The van der Waals surface area contributed by atoms with Crippen LogP contribution in [-0.4, -0.2) is 36.9 Å². The molecule has 0 aliphatic rings.